The maximum atomic E-state index is 13.8. The molecule has 0 bridgehead atoms. The molecule has 2 N–H and O–H groups in total. The van der Waals surface area contributed by atoms with E-state index >= 15 is 0 Å². The van der Waals surface area contributed by atoms with Crippen molar-refractivity contribution in [3.8, 4) is 0 Å². The summed E-state index contributed by atoms with van der Waals surface area (Å²) in [5.74, 6) is -0.820. The zero-order valence-corrected chi connectivity index (χ0v) is 26.0. The number of rotatable bonds is 8. The first-order valence-electron chi connectivity index (χ1n) is 13.8. The van der Waals surface area contributed by atoms with Crippen molar-refractivity contribution in [1.82, 2.24) is 5.32 Å². The summed E-state index contributed by atoms with van der Waals surface area (Å²) in [4.78, 5) is 44.8. The van der Waals surface area contributed by atoms with Crippen LogP contribution >= 0.6 is 34.9 Å². The lowest BCUT2D eigenvalue weighted by molar-refractivity contribution is -0.117. The minimum Gasteiger partial charge on any atom is -0.321 e. The van der Waals surface area contributed by atoms with Gasteiger partial charge < -0.3 is 10.6 Å². The topological polar surface area (TPSA) is 78.5 Å². The lowest BCUT2D eigenvalue weighted by Crippen LogP contribution is -2.34. The largest absolute Gasteiger partial charge is 0.321 e. The number of para-hydroxylation sites is 2. The Hall–Kier alpha value is -4.57. The Kier molecular flexibility index (Phi) is 8.97. The number of thiophene rings is 1. The first-order chi connectivity index (χ1) is 21.5. The highest BCUT2D eigenvalue weighted by atomic mass is 32.2. The molecule has 0 saturated carbocycles. The van der Waals surface area contributed by atoms with Gasteiger partial charge in [0, 0.05) is 25.9 Å². The van der Waals surface area contributed by atoms with Crippen molar-refractivity contribution >= 4 is 75.7 Å². The molecule has 1 aliphatic heterocycles. The number of nitrogens with one attached hydrogen (secondary N) is 2. The van der Waals surface area contributed by atoms with Gasteiger partial charge in [0.2, 0.25) is 5.91 Å². The van der Waals surface area contributed by atoms with Crippen LogP contribution in [0.1, 0.15) is 22.8 Å². The summed E-state index contributed by atoms with van der Waals surface area (Å²) in [6.45, 7) is 1.91. The number of thioether (sulfide) groups is 1. The molecule has 0 radical (unpaired) electrons. The molecule has 218 valence electrons. The normalized spacial score (nSPS) is 12.9. The van der Waals surface area contributed by atoms with Crippen LogP contribution in [0.25, 0.3) is 6.08 Å². The highest BCUT2D eigenvalue weighted by Crippen LogP contribution is 2.48. The van der Waals surface area contributed by atoms with Gasteiger partial charge in [0.05, 0.1) is 16.6 Å². The molecule has 0 aliphatic carbocycles. The van der Waals surface area contributed by atoms with Crippen molar-refractivity contribution < 1.29 is 14.4 Å². The van der Waals surface area contributed by atoms with Gasteiger partial charge in [0.25, 0.3) is 11.8 Å². The molecule has 5 aromatic rings. The Morgan fingerprint density at radius 3 is 2.07 bits per heavy atom. The molecule has 1 unspecified atom stereocenters. The maximum Gasteiger partial charge on any atom is 0.272 e. The number of anilines is 3. The van der Waals surface area contributed by atoms with Gasteiger partial charge in [-0.15, -0.1) is 11.8 Å². The van der Waals surface area contributed by atoms with Gasteiger partial charge in [-0.25, -0.2) is 0 Å². The van der Waals surface area contributed by atoms with Crippen molar-refractivity contribution in [3.63, 3.8) is 0 Å². The summed E-state index contributed by atoms with van der Waals surface area (Å²) in [6, 6.07) is 33.9. The Morgan fingerprint density at radius 2 is 1.43 bits per heavy atom. The summed E-state index contributed by atoms with van der Waals surface area (Å²) in [6.07, 6.45) is 1.65. The lowest BCUT2D eigenvalue weighted by atomic mass is 10.2. The van der Waals surface area contributed by atoms with E-state index in [2.05, 4.69) is 10.6 Å². The van der Waals surface area contributed by atoms with Crippen LogP contribution < -0.4 is 15.5 Å². The monoisotopic (exact) mass is 633 g/mol. The number of nitrogens with zero attached hydrogens (tertiary/aromatic N) is 1. The average molecular weight is 634 g/mol. The van der Waals surface area contributed by atoms with Crippen molar-refractivity contribution in [2.45, 2.75) is 26.9 Å². The number of carbonyl (C=O) groups is 3. The van der Waals surface area contributed by atoms with Crippen LogP contribution in [0, 0.1) is 0 Å². The zero-order chi connectivity index (χ0) is 30.5. The number of amides is 3. The SMILES string of the molecule is CC(Sc1ccc(NC(=O)/C(=C/c2ccsc2)NC(=O)c2ccccc2)cc1)C(=O)N1c2ccccc2Sc2ccccc21. The Labute approximate surface area is 268 Å². The second kappa shape index (κ2) is 13.4. The lowest BCUT2D eigenvalue weighted by Gasteiger charge is -2.32. The zero-order valence-electron chi connectivity index (χ0n) is 23.6. The summed E-state index contributed by atoms with van der Waals surface area (Å²) in [5.41, 5.74) is 3.75. The molecule has 2 heterocycles. The minimum absolute atomic E-state index is 0.00931. The number of hydrogen-bond donors (Lipinski definition) is 2. The Bertz CT molecular complexity index is 1790. The van der Waals surface area contributed by atoms with Gasteiger partial charge in [-0.1, -0.05) is 54.2 Å². The van der Waals surface area contributed by atoms with Crippen LogP contribution in [0.15, 0.2) is 140 Å². The fourth-order valence-electron chi connectivity index (χ4n) is 4.66. The number of hydrogen-bond acceptors (Lipinski definition) is 6. The first-order valence-corrected chi connectivity index (χ1v) is 16.5. The van der Waals surface area contributed by atoms with Crippen molar-refractivity contribution in [2.24, 2.45) is 0 Å². The van der Waals surface area contributed by atoms with E-state index in [0.29, 0.717) is 11.3 Å². The van der Waals surface area contributed by atoms with Gasteiger partial charge in [0.1, 0.15) is 5.70 Å². The number of carbonyl (C=O) groups excluding carboxylic acids is 3. The molecule has 0 spiro atoms. The van der Waals surface area contributed by atoms with Crippen LogP contribution in [0.3, 0.4) is 0 Å². The standard InChI is InChI=1S/C35H27N3O3S3/c1-23(35(41)38-29-11-5-7-13-31(29)44-32-14-8-6-12-30(32)38)43-27-17-15-26(16-18-27)36-34(40)28(21-24-19-20-42-22-24)37-33(39)25-9-3-2-4-10-25/h2-23H,1H3,(H,36,40)(H,37,39)/b28-21-. The second-order valence-corrected chi connectivity index (χ2v) is 13.2. The third kappa shape index (κ3) is 6.65. The summed E-state index contributed by atoms with van der Waals surface area (Å²) < 4.78 is 0. The Morgan fingerprint density at radius 1 is 0.795 bits per heavy atom. The molecule has 0 saturated heterocycles. The van der Waals surface area contributed by atoms with E-state index in [1.807, 2.05) is 95.4 Å². The fraction of sp³-hybridized carbons (Fsp3) is 0.0571. The third-order valence-electron chi connectivity index (χ3n) is 6.81. The van der Waals surface area contributed by atoms with E-state index in [9.17, 15) is 14.4 Å². The van der Waals surface area contributed by atoms with E-state index in [1.165, 1.54) is 23.1 Å². The molecule has 1 aromatic heterocycles. The molecule has 0 fully saturated rings. The fourth-order valence-corrected chi connectivity index (χ4v) is 7.24. The first kappa shape index (κ1) is 29.5. The van der Waals surface area contributed by atoms with Crippen molar-refractivity contribution in [3.05, 3.63) is 137 Å². The minimum atomic E-state index is -0.440. The molecule has 4 aromatic carbocycles. The van der Waals surface area contributed by atoms with Crippen LogP contribution in [-0.4, -0.2) is 23.0 Å². The van der Waals surface area contributed by atoms with Gasteiger partial charge in [-0.3, -0.25) is 19.3 Å². The molecular formula is C35H27N3O3S3. The Balaban J connectivity index is 1.15. The molecule has 6 rings (SSSR count). The highest BCUT2D eigenvalue weighted by Gasteiger charge is 2.31. The van der Waals surface area contributed by atoms with Gasteiger partial charge in [0.15, 0.2) is 0 Å². The molecule has 9 heteroatoms. The molecular weight excluding hydrogens is 607 g/mol. The van der Waals surface area contributed by atoms with Crippen LogP contribution in [0.2, 0.25) is 0 Å². The smallest absolute Gasteiger partial charge is 0.272 e. The average Bonchev–Trinajstić information content (AvgIpc) is 3.57. The number of fused-ring (bicyclic) bond motifs is 2. The predicted molar refractivity (Wildman–Crippen MR) is 181 cm³/mol. The van der Waals surface area contributed by atoms with Crippen LogP contribution in [-0.2, 0) is 9.59 Å². The molecule has 1 atom stereocenters. The van der Waals surface area contributed by atoms with Crippen LogP contribution in [0.4, 0.5) is 17.1 Å². The molecule has 3 amide bonds. The summed E-state index contributed by atoms with van der Waals surface area (Å²) in [5, 5.41) is 9.08. The van der Waals surface area contributed by atoms with E-state index < -0.39 is 5.91 Å². The van der Waals surface area contributed by atoms with Crippen LogP contribution in [0.5, 0.6) is 0 Å². The van der Waals surface area contributed by atoms with Gasteiger partial charge >= 0.3 is 0 Å². The molecule has 6 nitrogen and oxygen atoms in total. The van der Waals surface area contributed by atoms with E-state index in [1.54, 1.807) is 54.2 Å². The maximum absolute atomic E-state index is 13.8. The van der Waals surface area contributed by atoms with E-state index in [0.717, 1.165) is 31.6 Å². The van der Waals surface area contributed by atoms with Crippen molar-refractivity contribution in [1.29, 1.82) is 0 Å². The van der Waals surface area contributed by atoms with Gasteiger partial charge in [-0.05, 0) is 96.1 Å². The highest BCUT2D eigenvalue weighted by molar-refractivity contribution is 8.00. The van der Waals surface area contributed by atoms with E-state index in [4.69, 9.17) is 0 Å². The quantitative estimate of drug-likeness (QED) is 0.132. The van der Waals surface area contributed by atoms with Crippen molar-refractivity contribution in [2.75, 3.05) is 10.2 Å². The molecule has 44 heavy (non-hydrogen) atoms. The predicted octanol–water partition coefficient (Wildman–Crippen LogP) is 8.47. The number of benzene rings is 4. The summed E-state index contributed by atoms with van der Waals surface area (Å²) >= 11 is 4.63. The molecule has 1 aliphatic rings. The van der Waals surface area contributed by atoms with Gasteiger partial charge in [-0.2, -0.15) is 11.3 Å². The van der Waals surface area contributed by atoms with E-state index in [-0.39, 0.29) is 22.8 Å². The third-order valence-corrected chi connectivity index (χ3v) is 9.74. The summed E-state index contributed by atoms with van der Waals surface area (Å²) in [7, 11) is 0. The second-order valence-electron chi connectivity index (χ2n) is 9.88.